The van der Waals surface area contributed by atoms with Gasteiger partial charge in [-0.15, -0.1) is 12.4 Å². The van der Waals surface area contributed by atoms with Gasteiger partial charge in [-0.3, -0.25) is 4.90 Å². The molecule has 1 unspecified atom stereocenters. The maximum absolute atomic E-state index is 6.25. The Morgan fingerprint density at radius 3 is 2.66 bits per heavy atom. The number of rotatable bonds is 8. The number of imidazole rings is 1. The van der Waals surface area contributed by atoms with Crippen LogP contribution < -0.4 is 10.1 Å². The van der Waals surface area contributed by atoms with Gasteiger partial charge in [-0.2, -0.15) is 0 Å². The fourth-order valence-electron chi connectivity index (χ4n) is 4.90. The van der Waals surface area contributed by atoms with E-state index in [4.69, 9.17) is 4.74 Å². The summed E-state index contributed by atoms with van der Waals surface area (Å²) in [6, 6.07) is 7.02. The highest BCUT2D eigenvalue weighted by molar-refractivity contribution is 5.85. The van der Waals surface area contributed by atoms with Crippen molar-refractivity contribution in [3.8, 4) is 5.75 Å². The summed E-state index contributed by atoms with van der Waals surface area (Å²) >= 11 is 0. The first-order valence-corrected chi connectivity index (χ1v) is 10.8. The number of nitrogens with one attached hydrogen (secondary N) is 1. The normalized spacial score (nSPS) is 19.9. The molecule has 6 heteroatoms. The monoisotopic (exact) mass is 418 g/mol. The van der Waals surface area contributed by atoms with Crippen LogP contribution in [0.5, 0.6) is 5.75 Å². The average molecular weight is 419 g/mol. The third-order valence-corrected chi connectivity index (χ3v) is 6.71. The van der Waals surface area contributed by atoms with Gasteiger partial charge >= 0.3 is 0 Å². The lowest BCUT2D eigenvalue weighted by molar-refractivity contribution is 0.157. The Labute approximate surface area is 181 Å². The maximum Gasteiger partial charge on any atom is 0.125 e. The van der Waals surface area contributed by atoms with Crippen molar-refractivity contribution >= 4 is 12.4 Å². The number of piperidine rings is 1. The molecule has 1 atom stereocenters. The zero-order valence-corrected chi connectivity index (χ0v) is 18.8. The van der Waals surface area contributed by atoms with Crippen molar-refractivity contribution < 1.29 is 4.74 Å². The van der Waals surface area contributed by atoms with Crippen LogP contribution in [0.3, 0.4) is 0 Å². The molecule has 1 saturated carbocycles. The van der Waals surface area contributed by atoms with Gasteiger partial charge in [0.1, 0.15) is 18.2 Å². The lowest BCUT2D eigenvalue weighted by Crippen LogP contribution is -2.38. The van der Waals surface area contributed by atoms with Crippen molar-refractivity contribution in [2.45, 2.75) is 59.2 Å². The van der Waals surface area contributed by atoms with Crippen LogP contribution in [0.15, 0.2) is 30.6 Å². The topological polar surface area (TPSA) is 42.3 Å². The Hall–Kier alpha value is -1.56. The zero-order valence-electron chi connectivity index (χ0n) is 18.0. The highest BCUT2D eigenvalue weighted by atomic mass is 35.5. The van der Waals surface area contributed by atoms with Gasteiger partial charge in [-0.05, 0) is 69.7 Å². The first kappa shape index (κ1) is 22.1. The Bertz CT molecular complexity index is 780. The summed E-state index contributed by atoms with van der Waals surface area (Å²) in [7, 11) is 0. The Balaban J connectivity index is 0.00000240. The third-order valence-electron chi connectivity index (χ3n) is 6.71. The van der Waals surface area contributed by atoms with Gasteiger partial charge in [0.2, 0.25) is 0 Å². The van der Waals surface area contributed by atoms with E-state index < -0.39 is 0 Å². The number of ether oxygens (including phenoxy) is 1. The lowest BCUT2D eigenvalue weighted by Gasteiger charge is -2.29. The number of hydrogen-bond acceptors (Lipinski definition) is 4. The molecular formula is C23H35ClN4O. The number of aryl methyl sites for hydroxylation is 3. The van der Waals surface area contributed by atoms with Crippen molar-refractivity contribution in [3.63, 3.8) is 0 Å². The molecule has 0 radical (unpaired) electrons. The summed E-state index contributed by atoms with van der Waals surface area (Å²) in [4.78, 5) is 7.27. The van der Waals surface area contributed by atoms with Gasteiger partial charge in [0, 0.05) is 31.5 Å². The Morgan fingerprint density at radius 2 is 1.97 bits per heavy atom. The van der Waals surface area contributed by atoms with Crippen molar-refractivity contribution in [2.24, 2.45) is 5.41 Å². The summed E-state index contributed by atoms with van der Waals surface area (Å²) < 4.78 is 8.51. The van der Waals surface area contributed by atoms with Gasteiger partial charge in [-0.1, -0.05) is 18.2 Å². The van der Waals surface area contributed by atoms with Crippen molar-refractivity contribution in [1.29, 1.82) is 0 Å². The van der Waals surface area contributed by atoms with Crippen molar-refractivity contribution in [2.75, 3.05) is 26.2 Å². The fourth-order valence-corrected chi connectivity index (χ4v) is 4.90. The number of halogens is 1. The van der Waals surface area contributed by atoms with Gasteiger partial charge in [0.25, 0.3) is 0 Å². The van der Waals surface area contributed by atoms with E-state index >= 15 is 0 Å². The molecule has 1 saturated heterocycles. The molecule has 4 rings (SSSR count). The molecule has 0 bridgehead atoms. The van der Waals surface area contributed by atoms with Crippen LogP contribution in [0.25, 0.3) is 0 Å². The van der Waals surface area contributed by atoms with Gasteiger partial charge in [-0.25, -0.2) is 4.98 Å². The van der Waals surface area contributed by atoms with E-state index in [2.05, 4.69) is 64.9 Å². The molecular weight excluding hydrogens is 384 g/mol. The van der Waals surface area contributed by atoms with E-state index in [-0.39, 0.29) is 12.4 Å². The summed E-state index contributed by atoms with van der Waals surface area (Å²) in [5.74, 6) is 2.22. The van der Waals surface area contributed by atoms with Crippen LogP contribution in [-0.2, 0) is 13.1 Å². The highest BCUT2D eigenvalue weighted by Gasteiger charge is 2.56. The average Bonchev–Trinajstić information content (AvgIpc) is 3.18. The van der Waals surface area contributed by atoms with E-state index in [0.717, 1.165) is 45.1 Å². The Kier molecular flexibility index (Phi) is 7.25. The smallest absolute Gasteiger partial charge is 0.125 e. The minimum absolute atomic E-state index is 0. The molecule has 29 heavy (non-hydrogen) atoms. The van der Waals surface area contributed by atoms with E-state index in [1.54, 1.807) is 0 Å². The highest BCUT2D eigenvalue weighted by Crippen LogP contribution is 2.55. The minimum Gasteiger partial charge on any atom is -0.492 e. The fraction of sp³-hybridized carbons (Fsp3) is 0.609. The minimum atomic E-state index is 0. The molecule has 5 nitrogen and oxygen atoms in total. The molecule has 1 aliphatic heterocycles. The van der Waals surface area contributed by atoms with Gasteiger partial charge in [0.15, 0.2) is 0 Å². The lowest BCUT2D eigenvalue weighted by atomic mass is 9.93. The number of aromatic nitrogens is 2. The second kappa shape index (κ2) is 9.50. The molecule has 2 heterocycles. The van der Waals surface area contributed by atoms with Crippen molar-refractivity contribution in [1.82, 2.24) is 19.8 Å². The van der Waals surface area contributed by atoms with E-state index in [9.17, 15) is 0 Å². The molecule has 0 amide bonds. The molecule has 1 N–H and O–H groups in total. The number of hydrogen-bond donors (Lipinski definition) is 1. The van der Waals surface area contributed by atoms with Crippen LogP contribution >= 0.6 is 12.4 Å². The standard InChI is InChI=1S/C23H34N4O.ClH/c1-4-26-13-12-25-21(26)17-27(20-16-23(20)8-10-24-11-9-23)14-15-28-22-18(2)6-5-7-19(22)3;/h5-7,12-13,20,24H,4,8-11,14-17H2,1-3H3;1H. The molecule has 1 aliphatic carbocycles. The van der Waals surface area contributed by atoms with Crippen LogP contribution in [0, 0.1) is 19.3 Å². The van der Waals surface area contributed by atoms with Crippen LogP contribution in [0.2, 0.25) is 0 Å². The number of para-hydroxylation sites is 1. The first-order chi connectivity index (χ1) is 13.6. The third kappa shape index (κ3) is 4.79. The van der Waals surface area contributed by atoms with E-state index in [1.807, 2.05) is 6.20 Å². The summed E-state index contributed by atoms with van der Waals surface area (Å²) in [6.07, 6.45) is 7.94. The molecule has 1 aromatic heterocycles. The summed E-state index contributed by atoms with van der Waals surface area (Å²) in [5.41, 5.74) is 2.96. The molecule has 1 spiro atoms. The quantitative estimate of drug-likeness (QED) is 0.704. The number of benzene rings is 1. The van der Waals surface area contributed by atoms with Crippen LogP contribution in [0.4, 0.5) is 0 Å². The predicted molar refractivity (Wildman–Crippen MR) is 120 cm³/mol. The summed E-state index contributed by atoms with van der Waals surface area (Å²) in [5, 5.41) is 3.52. The second-order valence-electron chi connectivity index (χ2n) is 8.50. The SMILES string of the molecule is CCn1ccnc1CN(CCOc1c(C)cccc1C)C1CC12CCNCC2.Cl. The molecule has 2 aromatic rings. The summed E-state index contributed by atoms with van der Waals surface area (Å²) in [6.45, 7) is 12.3. The van der Waals surface area contributed by atoms with E-state index in [1.165, 1.54) is 36.2 Å². The van der Waals surface area contributed by atoms with Crippen LogP contribution in [0.1, 0.15) is 43.1 Å². The zero-order chi connectivity index (χ0) is 19.6. The predicted octanol–water partition coefficient (Wildman–Crippen LogP) is 3.96. The maximum atomic E-state index is 6.25. The van der Waals surface area contributed by atoms with Crippen molar-refractivity contribution in [3.05, 3.63) is 47.5 Å². The molecule has 2 aliphatic rings. The van der Waals surface area contributed by atoms with Crippen LogP contribution in [-0.4, -0.2) is 46.7 Å². The molecule has 2 fully saturated rings. The molecule has 160 valence electrons. The largest absolute Gasteiger partial charge is 0.492 e. The Morgan fingerprint density at radius 1 is 1.24 bits per heavy atom. The molecule has 1 aromatic carbocycles. The second-order valence-corrected chi connectivity index (χ2v) is 8.50. The van der Waals surface area contributed by atoms with Gasteiger partial charge < -0.3 is 14.6 Å². The first-order valence-electron chi connectivity index (χ1n) is 10.8. The van der Waals surface area contributed by atoms with E-state index in [0.29, 0.717) is 11.5 Å². The van der Waals surface area contributed by atoms with Gasteiger partial charge in [0.05, 0.1) is 6.54 Å². The number of nitrogens with zero attached hydrogens (tertiary/aromatic N) is 3.